The van der Waals surface area contributed by atoms with Crippen molar-refractivity contribution in [3.63, 3.8) is 0 Å². The summed E-state index contributed by atoms with van der Waals surface area (Å²) in [7, 11) is 2.68. The first-order valence-corrected chi connectivity index (χ1v) is 8.88. The number of ketones is 1. The molecular formula is C22H19F3O5. The van der Waals surface area contributed by atoms with Gasteiger partial charge in [0.1, 0.15) is 5.75 Å². The number of alkyl halides is 3. The van der Waals surface area contributed by atoms with E-state index in [9.17, 15) is 23.1 Å². The predicted octanol–water partition coefficient (Wildman–Crippen LogP) is 4.49. The number of hydrogen-bond acceptors (Lipinski definition) is 5. The van der Waals surface area contributed by atoms with Crippen LogP contribution in [0.3, 0.4) is 0 Å². The molecule has 0 radical (unpaired) electrons. The Labute approximate surface area is 171 Å². The molecule has 0 atom stereocenters. The van der Waals surface area contributed by atoms with E-state index in [1.165, 1.54) is 38.5 Å². The normalized spacial score (nSPS) is 17.4. The van der Waals surface area contributed by atoms with Gasteiger partial charge in [0.25, 0.3) is 0 Å². The molecule has 0 aromatic heterocycles. The minimum atomic E-state index is -4.61. The van der Waals surface area contributed by atoms with E-state index in [4.69, 9.17) is 14.2 Å². The summed E-state index contributed by atoms with van der Waals surface area (Å²) in [5, 5.41) is 9.68. The SMILES string of the molecule is COc1ccc(/C=C2\COC/C(=C\c3ccc(O)c(OC)c3)C2=O)c(C(F)(F)F)c1. The second-order valence-electron chi connectivity index (χ2n) is 6.54. The van der Waals surface area contributed by atoms with E-state index in [-0.39, 0.29) is 47.2 Å². The molecule has 1 fully saturated rings. The molecule has 2 aromatic carbocycles. The monoisotopic (exact) mass is 420 g/mol. The maximum atomic E-state index is 13.4. The van der Waals surface area contributed by atoms with Crippen LogP contribution < -0.4 is 9.47 Å². The summed E-state index contributed by atoms with van der Waals surface area (Å²) in [6.45, 7) is -0.0769. The van der Waals surface area contributed by atoms with Gasteiger partial charge in [-0.1, -0.05) is 12.1 Å². The number of ether oxygens (including phenoxy) is 3. The molecule has 0 saturated carbocycles. The number of carbonyl (C=O) groups excluding carboxylic acids is 1. The Morgan fingerprint density at radius 2 is 1.70 bits per heavy atom. The van der Waals surface area contributed by atoms with Crippen molar-refractivity contribution in [3.8, 4) is 17.2 Å². The van der Waals surface area contributed by atoms with E-state index in [1.54, 1.807) is 18.2 Å². The van der Waals surface area contributed by atoms with Crippen molar-refractivity contribution in [2.45, 2.75) is 6.18 Å². The first kappa shape index (κ1) is 21.4. The van der Waals surface area contributed by atoms with E-state index >= 15 is 0 Å². The van der Waals surface area contributed by atoms with Crippen LogP contribution in [0.1, 0.15) is 16.7 Å². The van der Waals surface area contributed by atoms with E-state index < -0.39 is 17.5 Å². The molecule has 1 N–H and O–H groups in total. The van der Waals surface area contributed by atoms with Crippen LogP contribution in [0, 0.1) is 0 Å². The summed E-state index contributed by atoms with van der Waals surface area (Å²) < 4.78 is 55.7. The number of aromatic hydroxyl groups is 1. The zero-order valence-electron chi connectivity index (χ0n) is 16.2. The van der Waals surface area contributed by atoms with Crippen molar-refractivity contribution in [3.05, 3.63) is 64.2 Å². The molecule has 1 aliphatic heterocycles. The standard InChI is InChI=1S/C22H19F3O5/c1-28-17-5-4-14(18(10-17)22(23,24)25)9-16-12-30-11-15(21(16)27)7-13-3-6-19(26)20(8-13)29-2/h3-10,26H,11-12H2,1-2H3/b15-7+,16-9+. The molecule has 8 heteroatoms. The second-order valence-corrected chi connectivity index (χ2v) is 6.54. The predicted molar refractivity (Wildman–Crippen MR) is 104 cm³/mol. The molecule has 30 heavy (non-hydrogen) atoms. The van der Waals surface area contributed by atoms with Gasteiger partial charge in [-0.2, -0.15) is 13.2 Å². The fraction of sp³-hybridized carbons (Fsp3) is 0.227. The molecule has 1 aliphatic rings. The molecule has 158 valence electrons. The zero-order valence-corrected chi connectivity index (χ0v) is 16.2. The maximum absolute atomic E-state index is 13.4. The number of phenols is 1. The van der Waals surface area contributed by atoms with Gasteiger partial charge in [-0.05, 0) is 47.5 Å². The molecule has 0 unspecified atom stereocenters. The lowest BCUT2D eigenvalue weighted by molar-refractivity contribution is -0.137. The maximum Gasteiger partial charge on any atom is 0.417 e. The van der Waals surface area contributed by atoms with Crippen LogP contribution in [-0.2, 0) is 15.7 Å². The van der Waals surface area contributed by atoms with E-state index in [2.05, 4.69) is 0 Å². The van der Waals surface area contributed by atoms with Crippen molar-refractivity contribution in [1.29, 1.82) is 0 Å². The summed E-state index contributed by atoms with van der Waals surface area (Å²) in [4.78, 5) is 12.8. The number of rotatable bonds is 4. The Kier molecular flexibility index (Phi) is 6.17. The number of carbonyl (C=O) groups is 1. The highest BCUT2D eigenvalue weighted by atomic mass is 19.4. The number of hydrogen-bond donors (Lipinski definition) is 1. The van der Waals surface area contributed by atoms with Gasteiger partial charge in [-0.15, -0.1) is 0 Å². The molecule has 0 bridgehead atoms. The van der Waals surface area contributed by atoms with Crippen LogP contribution in [0.25, 0.3) is 12.2 Å². The molecule has 0 amide bonds. The Morgan fingerprint density at radius 3 is 2.33 bits per heavy atom. The van der Waals surface area contributed by atoms with Crippen molar-refractivity contribution in [2.75, 3.05) is 27.4 Å². The third kappa shape index (κ3) is 4.65. The molecule has 5 nitrogen and oxygen atoms in total. The average molecular weight is 420 g/mol. The number of Topliss-reactive ketones (excluding diaryl/α,β-unsaturated/α-hetero) is 1. The second kappa shape index (κ2) is 8.62. The smallest absolute Gasteiger partial charge is 0.417 e. The van der Waals surface area contributed by atoms with Crippen LogP contribution in [0.4, 0.5) is 13.2 Å². The van der Waals surface area contributed by atoms with Gasteiger partial charge in [-0.3, -0.25) is 4.79 Å². The molecule has 2 aromatic rings. The van der Waals surface area contributed by atoms with Crippen molar-refractivity contribution in [1.82, 2.24) is 0 Å². The quantitative estimate of drug-likeness (QED) is 0.739. The van der Waals surface area contributed by atoms with Gasteiger partial charge < -0.3 is 19.3 Å². The Balaban J connectivity index is 1.97. The van der Waals surface area contributed by atoms with Gasteiger partial charge in [0.05, 0.1) is 33.0 Å². The van der Waals surface area contributed by atoms with Gasteiger partial charge in [0.15, 0.2) is 17.3 Å². The lowest BCUT2D eigenvalue weighted by Crippen LogP contribution is -2.22. The Bertz CT molecular complexity index is 1020. The van der Waals surface area contributed by atoms with E-state index in [0.717, 1.165) is 6.07 Å². The molecule has 3 rings (SSSR count). The summed E-state index contributed by atoms with van der Waals surface area (Å²) in [5.41, 5.74) is -0.0844. The number of benzene rings is 2. The highest BCUT2D eigenvalue weighted by Gasteiger charge is 2.34. The van der Waals surface area contributed by atoms with Gasteiger partial charge in [0, 0.05) is 11.1 Å². The number of methoxy groups -OCH3 is 2. The summed E-state index contributed by atoms with van der Waals surface area (Å²) in [5.74, 6) is -0.155. The fourth-order valence-electron chi connectivity index (χ4n) is 3.03. The van der Waals surface area contributed by atoms with Crippen LogP contribution in [-0.4, -0.2) is 38.3 Å². The highest BCUT2D eigenvalue weighted by molar-refractivity contribution is 6.14. The first-order chi connectivity index (χ1) is 14.2. The van der Waals surface area contributed by atoms with Crippen molar-refractivity contribution < 1.29 is 37.3 Å². The molecular weight excluding hydrogens is 401 g/mol. The first-order valence-electron chi connectivity index (χ1n) is 8.88. The van der Waals surface area contributed by atoms with Gasteiger partial charge >= 0.3 is 6.18 Å². The Morgan fingerprint density at radius 1 is 1.00 bits per heavy atom. The Hall–Kier alpha value is -3.26. The van der Waals surface area contributed by atoms with Gasteiger partial charge in [0.2, 0.25) is 0 Å². The minimum absolute atomic E-state index is 0.0219. The lowest BCUT2D eigenvalue weighted by Gasteiger charge is -2.19. The van der Waals surface area contributed by atoms with Crippen LogP contribution in [0.2, 0.25) is 0 Å². The van der Waals surface area contributed by atoms with Crippen LogP contribution >= 0.6 is 0 Å². The van der Waals surface area contributed by atoms with E-state index in [0.29, 0.717) is 5.56 Å². The third-order valence-electron chi connectivity index (χ3n) is 4.54. The minimum Gasteiger partial charge on any atom is -0.504 e. The average Bonchev–Trinajstić information content (AvgIpc) is 2.71. The molecule has 0 aliphatic carbocycles. The fourth-order valence-corrected chi connectivity index (χ4v) is 3.03. The molecule has 0 spiro atoms. The summed E-state index contributed by atoms with van der Waals surface area (Å²) in [6, 6.07) is 8.09. The van der Waals surface area contributed by atoms with Gasteiger partial charge in [-0.25, -0.2) is 0 Å². The lowest BCUT2D eigenvalue weighted by atomic mass is 9.96. The number of halogens is 3. The third-order valence-corrected chi connectivity index (χ3v) is 4.54. The zero-order chi connectivity index (χ0) is 21.9. The summed E-state index contributed by atoms with van der Waals surface area (Å²) >= 11 is 0. The van der Waals surface area contributed by atoms with Crippen LogP contribution in [0.5, 0.6) is 17.2 Å². The van der Waals surface area contributed by atoms with E-state index in [1.807, 2.05) is 0 Å². The molecule has 1 saturated heterocycles. The van der Waals surface area contributed by atoms with Crippen molar-refractivity contribution in [2.24, 2.45) is 0 Å². The number of phenolic OH excluding ortho intramolecular Hbond substituents is 1. The van der Waals surface area contributed by atoms with Crippen molar-refractivity contribution >= 4 is 17.9 Å². The largest absolute Gasteiger partial charge is 0.504 e. The topological polar surface area (TPSA) is 65.0 Å². The highest BCUT2D eigenvalue weighted by Crippen LogP contribution is 2.36. The molecule has 1 heterocycles. The summed E-state index contributed by atoms with van der Waals surface area (Å²) in [6.07, 6.45) is -1.87. The van der Waals surface area contributed by atoms with Crippen LogP contribution in [0.15, 0.2) is 47.5 Å².